The maximum absolute atomic E-state index is 6.28. The molecule has 1 saturated carbocycles. The van der Waals surface area contributed by atoms with E-state index in [1.165, 1.54) is 35.6 Å². The molecular formula is C19H25NO. The Morgan fingerprint density at radius 1 is 1.19 bits per heavy atom. The highest BCUT2D eigenvalue weighted by Gasteiger charge is 2.20. The number of nitrogens with one attached hydrogen (secondary N) is 1. The highest BCUT2D eigenvalue weighted by molar-refractivity contribution is 5.89. The summed E-state index contributed by atoms with van der Waals surface area (Å²) in [6, 6.07) is 13.3. The molecule has 21 heavy (non-hydrogen) atoms. The zero-order valence-corrected chi connectivity index (χ0v) is 13.1. The summed E-state index contributed by atoms with van der Waals surface area (Å²) in [6.45, 7) is 6.19. The molecule has 2 aromatic carbocycles. The Hall–Kier alpha value is -1.54. The van der Waals surface area contributed by atoms with Crippen LogP contribution >= 0.6 is 0 Å². The molecule has 112 valence electrons. The van der Waals surface area contributed by atoms with Gasteiger partial charge in [-0.1, -0.05) is 49.7 Å². The quantitative estimate of drug-likeness (QED) is 0.830. The van der Waals surface area contributed by atoms with Gasteiger partial charge in [-0.05, 0) is 37.6 Å². The van der Waals surface area contributed by atoms with Crippen LogP contribution in [0.15, 0.2) is 36.4 Å². The zero-order chi connectivity index (χ0) is 14.7. The molecular weight excluding hydrogens is 258 g/mol. The monoisotopic (exact) mass is 283 g/mol. The first-order valence-electron chi connectivity index (χ1n) is 8.17. The van der Waals surface area contributed by atoms with Crippen molar-refractivity contribution in [3.05, 3.63) is 42.0 Å². The number of benzene rings is 2. The van der Waals surface area contributed by atoms with Gasteiger partial charge in [0.1, 0.15) is 5.75 Å². The van der Waals surface area contributed by atoms with Crippen molar-refractivity contribution in [2.45, 2.75) is 39.2 Å². The van der Waals surface area contributed by atoms with Crippen molar-refractivity contribution in [2.75, 3.05) is 13.2 Å². The van der Waals surface area contributed by atoms with Gasteiger partial charge in [0.05, 0.1) is 6.61 Å². The van der Waals surface area contributed by atoms with Crippen LogP contribution in [-0.2, 0) is 0 Å². The smallest absolute Gasteiger partial charge is 0.131 e. The minimum absolute atomic E-state index is 0.316. The van der Waals surface area contributed by atoms with Crippen molar-refractivity contribution in [1.29, 1.82) is 0 Å². The Morgan fingerprint density at radius 3 is 2.71 bits per heavy atom. The van der Waals surface area contributed by atoms with E-state index >= 15 is 0 Å². The first-order chi connectivity index (χ1) is 10.3. The third kappa shape index (κ3) is 3.06. The van der Waals surface area contributed by atoms with Crippen LogP contribution in [0.25, 0.3) is 10.8 Å². The van der Waals surface area contributed by atoms with E-state index in [0.29, 0.717) is 6.04 Å². The molecule has 0 aromatic heterocycles. The van der Waals surface area contributed by atoms with Crippen LogP contribution in [0, 0.1) is 5.92 Å². The van der Waals surface area contributed by atoms with Crippen molar-refractivity contribution < 1.29 is 4.74 Å². The van der Waals surface area contributed by atoms with Crippen LogP contribution in [-0.4, -0.2) is 13.2 Å². The maximum Gasteiger partial charge on any atom is 0.131 e. The first kappa shape index (κ1) is 14.4. The van der Waals surface area contributed by atoms with Gasteiger partial charge in [-0.25, -0.2) is 0 Å². The van der Waals surface area contributed by atoms with Gasteiger partial charge in [0.15, 0.2) is 0 Å². The molecule has 3 rings (SSSR count). The minimum Gasteiger partial charge on any atom is -0.492 e. The van der Waals surface area contributed by atoms with Crippen LogP contribution in [0.1, 0.15) is 44.7 Å². The van der Waals surface area contributed by atoms with E-state index in [0.717, 1.165) is 24.8 Å². The minimum atomic E-state index is 0.316. The van der Waals surface area contributed by atoms with E-state index < -0.39 is 0 Å². The molecule has 1 atom stereocenters. The molecule has 0 aliphatic heterocycles. The maximum atomic E-state index is 6.28. The predicted molar refractivity (Wildman–Crippen MR) is 88.9 cm³/mol. The average molecular weight is 283 g/mol. The molecule has 0 saturated heterocycles. The lowest BCUT2D eigenvalue weighted by Gasteiger charge is -2.27. The first-order valence-corrected chi connectivity index (χ1v) is 8.17. The van der Waals surface area contributed by atoms with Gasteiger partial charge in [-0.2, -0.15) is 0 Å². The van der Waals surface area contributed by atoms with Crippen LogP contribution in [0.2, 0.25) is 0 Å². The second kappa shape index (κ2) is 6.48. The van der Waals surface area contributed by atoms with Crippen molar-refractivity contribution in [1.82, 2.24) is 5.32 Å². The third-order valence-corrected chi connectivity index (χ3v) is 4.57. The highest BCUT2D eigenvalue weighted by Crippen LogP contribution is 2.35. The van der Waals surface area contributed by atoms with E-state index in [1.54, 1.807) is 0 Å². The van der Waals surface area contributed by atoms with Crippen molar-refractivity contribution in [3.63, 3.8) is 0 Å². The largest absolute Gasteiger partial charge is 0.492 e. The number of ether oxygens (including phenoxy) is 1. The summed E-state index contributed by atoms with van der Waals surface area (Å²) in [4.78, 5) is 0. The molecule has 0 heterocycles. The van der Waals surface area contributed by atoms with Gasteiger partial charge in [0.2, 0.25) is 0 Å². The normalized spacial score (nSPS) is 16.7. The molecule has 0 amide bonds. The Kier molecular flexibility index (Phi) is 4.45. The van der Waals surface area contributed by atoms with Gasteiger partial charge >= 0.3 is 0 Å². The summed E-state index contributed by atoms with van der Waals surface area (Å²) < 4.78 is 6.28. The van der Waals surface area contributed by atoms with Crippen molar-refractivity contribution in [2.24, 2.45) is 5.92 Å². The lowest BCUT2D eigenvalue weighted by molar-refractivity contribution is 0.180. The summed E-state index contributed by atoms with van der Waals surface area (Å²) in [5.74, 6) is 1.83. The molecule has 2 aromatic rings. The van der Waals surface area contributed by atoms with Crippen LogP contribution < -0.4 is 10.1 Å². The van der Waals surface area contributed by atoms with Crippen LogP contribution in [0.3, 0.4) is 0 Å². The highest BCUT2D eigenvalue weighted by atomic mass is 16.5. The second-order valence-electron chi connectivity index (χ2n) is 6.09. The lowest BCUT2D eigenvalue weighted by atomic mass is 9.86. The molecule has 0 radical (unpaired) electrons. The lowest BCUT2D eigenvalue weighted by Crippen LogP contribution is -2.22. The Bertz CT molecular complexity index is 604. The van der Waals surface area contributed by atoms with Gasteiger partial charge in [-0.3, -0.25) is 0 Å². The SMILES string of the molecule is CCNC(C)c1ccc2ccccc2c1OCC1CCC1. The zero-order valence-electron chi connectivity index (χ0n) is 13.1. The van der Waals surface area contributed by atoms with E-state index in [2.05, 4.69) is 55.6 Å². The number of fused-ring (bicyclic) bond motifs is 1. The summed E-state index contributed by atoms with van der Waals surface area (Å²) in [5, 5.41) is 6.00. The Labute approximate surface area is 127 Å². The van der Waals surface area contributed by atoms with Gasteiger partial charge in [-0.15, -0.1) is 0 Å². The molecule has 0 spiro atoms. The molecule has 1 aliphatic carbocycles. The molecule has 1 aliphatic rings. The fourth-order valence-electron chi connectivity index (χ4n) is 3.04. The molecule has 2 heteroatoms. The molecule has 1 unspecified atom stereocenters. The van der Waals surface area contributed by atoms with Crippen LogP contribution in [0.4, 0.5) is 0 Å². The second-order valence-corrected chi connectivity index (χ2v) is 6.09. The Morgan fingerprint density at radius 2 is 2.00 bits per heavy atom. The summed E-state index contributed by atoms with van der Waals surface area (Å²) in [7, 11) is 0. The van der Waals surface area contributed by atoms with Gasteiger partial charge in [0, 0.05) is 17.0 Å². The summed E-state index contributed by atoms with van der Waals surface area (Å²) >= 11 is 0. The van der Waals surface area contributed by atoms with Crippen molar-refractivity contribution >= 4 is 10.8 Å². The topological polar surface area (TPSA) is 21.3 Å². The van der Waals surface area contributed by atoms with Gasteiger partial charge in [0.25, 0.3) is 0 Å². The van der Waals surface area contributed by atoms with Gasteiger partial charge < -0.3 is 10.1 Å². The molecule has 2 nitrogen and oxygen atoms in total. The number of hydrogen-bond donors (Lipinski definition) is 1. The average Bonchev–Trinajstić information content (AvgIpc) is 2.45. The fraction of sp³-hybridized carbons (Fsp3) is 0.474. The van der Waals surface area contributed by atoms with E-state index in [9.17, 15) is 0 Å². The van der Waals surface area contributed by atoms with E-state index in [4.69, 9.17) is 4.74 Å². The third-order valence-electron chi connectivity index (χ3n) is 4.57. The molecule has 0 bridgehead atoms. The summed E-state index contributed by atoms with van der Waals surface area (Å²) in [5.41, 5.74) is 1.27. The van der Waals surface area contributed by atoms with Crippen LogP contribution in [0.5, 0.6) is 5.75 Å². The molecule has 1 fully saturated rings. The summed E-state index contributed by atoms with van der Waals surface area (Å²) in [6.07, 6.45) is 4.01. The number of hydrogen-bond acceptors (Lipinski definition) is 2. The predicted octanol–water partition coefficient (Wildman–Crippen LogP) is 4.69. The van der Waals surface area contributed by atoms with E-state index in [1.807, 2.05) is 0 Å². The van der Waals surface area contributed by atoms with Crippen molar-refractivity contribution in [3.8, 4) is 5.75 Å². The fourth-order valence-corrected chi connectivity index (χ4v) is 3.04. The van der Waals surface area contributed by atoms with E-state index in [-0.39, 0.29) is 0 Å². The number of rotatable bonds is 6. The molecule has 1 N–H and O–H groups in total. The Balaban J connectivity index is 1.95. The standard InChI is InChI=1S/C19H25NO/c1-3-20-14(2)17-12-11-16-9-4-5-10-18(16)19(17)21-13-15-7-6-8-15/h4-5,9-12,14-15,20H,3,6-8,13H2,1-2H3.